The number of pyridine rings is 1. The van der Waals surface area contributed by atoms with E-state index in [1.165, 1.54) is 0 Å². The smallest absolute Gasteiger partial charge is 0.231 e. The molecule has 11 heteroatoms. The Hall–Kier alpha value is -2.00. The Morgan fingerprint density at radius 2 is 1.91 bits per heavy atom. The lowest BCUT2D eigenvalue weighted by atomic mass is 10.0. The molecule has 3 N–H and O–H groups in total. The van der Waals surface area contributed by atoms with Crippen LogP contribution in [0.15, 0.2) is 36.2 Å². The number of benzene rings is 1. The van der Waals surface area contributed by atoms with Crippen molar-refractivity contribution in [3.63, 3.8) is 0 Å². The van der Waals surface area contributed by atoms with Gasteiger partial charge in [0.05, 0.1) is 11.1 Å². The average Bonchev–Trinajstić information content (AvgIpc) is 3.26. The van der Waals surface area contributed by atoms with Gasteiger partial charge in [-0.1, -0.05) is 11.6 Å². The first-order valence-corrected chi connectivity index (χ1v) is 9.84. The molecule has 7 nitrogen and oxygen atoms in total. The van der Waals surface area contributed by atoms with Crippen molar-refractivity contribution in [2.75, 3.05) is 26.2 Å². The molecule has 5 rings (SSSR count). The van der Waals surface area contributed by atoms with Crippen LogP contribution in [0.2, 0.25) is 5.15 Å². The van der Waals surface area contributed by atoms with Gasteiger partial charge in [0.2, 0.25) is 5.78 Å². The van der Waals surface area contributed by atoms with E-state index < -0.39 is 0 Å². The van der Waals surface area contributed by atoms with Gasteiger partial charge in [0.1, 0.15) is 22.3 Å². The number of ether oxygens (including phenoxy) is 1. The monoisotopic (exact) mass is 518 g/mol. The zero-order valence-electron chi connectivity index (χ0n) is 16.8. The summed E-state index contributed by atoms with van der Waals surface area (Å²) in [6.07, 6.45) is 3.46. The molecular formula is C21H22Cl4N4O3. The van der Waals surface area contributed by atoms with Crippen molar-refractivity contribution >= 4 is 71.7 Å². The minimum Gasteiger partial charge on any atom is -0.507 e. The van der Waals surface area contributed by atoms with Gasteiger partial charge >= 0.3 is 0 Å². The topological polar surface area (TPSA) is 90.5 Å². The average molecular weight is 520 g/mol. The molecule has 0 spiro atoms. The summed E-state index contributed by atoms with van der Waals surface area (Å²) in [6, 6.07) is 6.74. The van der Waals surface area contributed by atoms with Crippen LogP contribution in [-0.4, -0.2) is 51.9 Å². The van der Waals surface area contributed by atoms with Gasteiger partial charge in [0.25, 0.3) is 0 Å². The predicted octanol–water partition coefficient (Wildman–Crippen LogP) is 4.21. The lowest BCUT2D eigenvalue weighted by molar-refractivity contribution is 0.101. The number of aromatic amines is 1. The van der Waals surface area contributed by atoms with Crippen LogP contribution in [-0.2, 0) is 6.54 Å². The van der Waals surface area contributed by atoms with E-state index in [9.17, 15) is 9.90 Å². The van der Waals surface area contributed by atoms with Crippen molar-refractivity contribution < 1.29 is 14.6 Å². The summed E-state index contributed by atoms with van der Waals surface area (Å²) in [6.45, 7) is 4.10. The Labute approximate surface area is 208 Å². The quantitative estimate of drug-likeness (QED) is 0.354. The third kappa shape index (κ3) is 4.83. The van der Waals surface area contributed by atoms with E-state index in [1.807, 2.05) is 6.07 Å². The highest BCUT2D eigenvalue weighted by atomic mass is 35.5. The summed E-state index contributed by atoms with van der Waals surface area (Å²) in [5.74, 6) is 0.615. The predicted molar refractivity (Wildman–Crippen MR) is 132 cm³/mol. The van der Waals surface area contributed by atoms with E-state index in [4.69, 9.17) is 16.3 Å². The number of fused-ring (bicyclic) bond motifs is 2. The lowest BCUT2D eigenvalue weighted by Gasteiger charge is -2.27. The second-order valence-corrected chi connectivity index (χ2v) is 7.57. The first kappa shape index (κ1) is 26.3. The number of ketones is 1. The number of allylic oxidation sites excluding steroid dienone is 1. The Morgan fingerprint density at radius 1 is 1.16 bits per heavy atom. The zero-order chi connectivity index (χ0) is 20.0. The van der Waals surface area contributed by atoms with Crippen LogP contribution in [0.5, 0.6) is 11.5 Å². The van der Waals surface area contributed by atoms with Crippen LogP contribution in [0.1, 0.15) is 21.5 Å². The number of piperazine rings is 1. The Morgan fingerprint density at radius 3 is 2.66 bits per heavy atom. The first-order valence-electron chi connectivity index (χ1n) is 9.46. The number of hydrogen-bond acceptors (Lipinski definition) is 6. The summed E-state index contributed by atoms with van der Waals surface area (Å²) in [5, 5.41) is 15.0. The number of phenolic OH excluding ortho intramolecular Hbond substituents is 1. The van der Waals surface area contributed by atoms with Gasteiger partial charge in [0, 0.05) is 49.9 Å². The van der Waals surface area contributed by atoms with E-state index in [0.717, 1.165) is 37.1 Å². The molecule has 1 saturated heterocycles. The van der Waals surface area contributed by atoms with Crippen LogP contribution in [0.4, 0.5) is 0 Å². The molecule has 0 atom stereocenters. The van der Waals surface area contributed by atoms with Crippen molar-refractivity contribution in [3.8, 4) is 11.5 Å². The van der Waals surface area contributed by atoms with Gasteiger partial charge in [-0.05, 0) is 30.3 Å². The molecule has 0 aliphatic carbocycles. The fourth-order valence-electron chi connectivity index (χ4n) is 3.81. The number of Topliss-reactive ketones (excluding diaryl/α,β-unsaturated/α-hetero) is 1. The Kier molecular flexibility index (Phi) is 8.82. The molecule has 1 fully saturated rings. The van der Waals surface area contributed by atoms with Crippen molar-refractivity contribution in [2.45, 2.75) is 6.54 Å². The molecule has 2 aliphatic rings. The molecule has 172 valence electrons. The van der Waals surface area contributed by atoms with E-state index in [1.54, 1.807) is 30.5 Å². The van der Waals surface area contributed by atoms with Gasteiger partial charge in [-0.25, -0.2) is 4.98 Å². The summed E-state index contributed by atoms with van der Waals surface area (Å²) >= 11 is 5.94. The maximum Gasteiger partial charge on any atom is 0.231 e. The number of rotatable bonds is 3. The summed E-state index contributed by atoms with van der Waals surface area (Å²) < 4.78 is 5.97. The molecule has 0 radical (unpaired) electrons. The number of aromatic hydroxyl groups is 1. The SMILES string of the molecule is Cl.Cl.Cl.O=C1C(=Cc2c[nH]c3nc(Cl)ccc23)Oc2c1ccc(O)c2CN1CCNCC1. The number of H-pyrrole nitrogens is 1. The zero-order valence-corrected chi connectivity index (χ0v) is 20.0. The van der Waals surface area contributed by atoms with E-state index in [0.29, 0.717) is 34.2 Å². The number of carbonyl (C=O) groups is 1. The highest BCUT2D eigenvalue weighted by Gasteiger charge is 2.32. The Bertz CT molecular complexity index is 1160. The number of carbonyl (C=O) groups excluding carboxylic acids is 1. The van der Waals surface area contributed by atoms with E-state index >= 15 is 0 Å². The summed E-state index contributed by atoms with van der Waals surface area (Å²) in [4.78, 5) is 22.4. The second kappa shape index (κ2) is 10.7. The molecule has 0 bridgehead atoms. The van der Waals surface area contributed by atoms with Crippen LogP contribution < -0.4 is 10.1 Å². The van der Waals surface area contributed by atoms with Crippen LogP contribution in [0.3, 0.4) is 0 Å². The maximum absolute atomic E-state index is 12.9. The number of nitrogens with one attached hydrogen (secondary N) is 2. The molecule has 1 aromatic carbocycles. The fraction of sp³-hybridized carbons (Fsp3) is 0.238. The number of halogens is 4. The standard InChI is InChI=1S/C21H19ClN4O3.3ClH/c22-18-4-2-13-12(10-24-21(13)25-18)9-17-19(28)14-1-3-16(27)15(20(14)29-17)11-26-7-5-23-6-8-26;;;/h1-4,9-10,23,27H,5-8,11H2,(H,24,25);3*1H. The number of phenols is 1. The molecular weight excluding hydrogens is 498 g/mol. The van der Waals surface area contributed by atoms with Gasteiger partial charge in [-0.3, -0.25) is 9.69 Å². The minimum absolute atomic E-state index is 0. The molecule has 0 amide bonds. The third-order valence-electron chi connectivity index (χ3n) is 5.33. The molecule has 3 aromatic rings. The second-order valence-electron chi connectivity index (χ2n) is 7.18. The van der Waals surface area contributed by atoms with E-state index in [-0.39, 0.29) is 54.5 Å². The highest BCUT2D eigenvalue weighted by Crippen LogP contribution is 2.40. The Balaban J connectivity index is 0.00000121. The van der Waals surface area contributed by atoms with Crippen LogP contribution in [0, 0.1) is 0 Å². The third-order valence-corrected chi connectivity index (χ3v) is 5.54. The summed E-state index contributed by atoms with van der Waals surface area (Å²) in [5.41, 5.74) is 2.55. The molecule has 4 heterocycles. The normalized spacial score (nSPS) is 16.7. The number of hydrogen-bond donors (Lipinski definition) is 3. The lowest BCUT2D eigenvalue weighted by Crippen LogP contribution is -2.42. The molecule has 0 saturated carbocycles. The minimum atomic E-state index is -0.196. The maximum atomic E-state index is 12.9. The molecule has 2 aromatic heterocycles. The van der Waals surface area contributed by atoms with Gasteiger partial charge < -0.3 is 20.1 Å². The number of nitrogens with zero attached hydrogens (tertiary/aromatic N) is 2. The largest absolute Gasteiger partial charge is 0.507 e. The fourth-order valence-corrected chi connectivity index (χ4v) is 3.95. The van der Waals surface area contributed by atoms with Crippen LogP contribution >= 0.6 is 48.8 Å². The van der Waals surface area contributed by atoms with Crippen molar-refractivity contribution in [1.82, 2.24) is 20.2 Å². The van der Waals surface area contributed by atoms with E-state index in [2.05, 4.69) is 20.2 Å². The first-order chi connectivity index (χ1) is 14.1. The van der Waals surface area contributed by atoms with Crippen LogP contribution in [0.25, 0.3) is 17.1 Å². The molecule has 2 aliphatic heterocycles. The highest BCUT2D eigenvalue weighted by molar-refractivity contribution is 6.29. The molecule has 32 heavy (non-hydrogen) atoms. The van der Waals surface area contributed by atoms with Gasteiger partial charge in [0.15, 0.2) is 5.76 Å². The van der Waals surface area contributed by atoms with Gasteiger partial charge in [-0.2, -0.15) is 0 Å². The van der Waals surface area contributed by atoms with Gasteiger partial charge in [-0.15, -0.1) is 37.2 Å². The number of aromatic nitrogens is 2. The summed E-state index contributed by atoms with van der Waals surface area (Å²) in [7, 11) is 0. The van der Waals surface area contributed by atoms with Crippen molar-refractivity contribution in [3.05, 3.63) is 58.1 Å². The van der Waals surface area contributed by atoms with Crippen molar-refractivity contribution in [2.24, 2.45) is 0 Å². The molecule has 0 unspecified atom stereocenters. The van der Waals surface area contributed by atoms with Crippen molar-refractivity contribution in [1.29, 1.82) is 0 Å².